The highest BCUT2D eigenvalue weighted by molar-refractivity contribution is 7.91. The van der Waals surface area contributed by atoms with Crippen molar-refractivity contribution in [3.05, 3.63) is 0 Å². The van der Waals surface area contributed by atoms with E-state index in [0.29, 0.717) is 6.42 Å². The summed E-state index contributed by atoms with van der Waals surface area (Å²) in [6.07, 6.45) is 1.74. The third kappa shape index (κ3) is 9.59. The predicted molar refractivity (Wildman–Crippen MR) is 75.2 cm³/mol. The summed E-state index contributed by atoms with van der Waals surface area (Å²) >= 11 is 0. The minimum atomic E-state index is -3.06. The van der Waals surface area contributed by atoms with Crippen LogP contribution in [0.3, 0.4) is 0 Å². The predicted octanol–water partition coefficient (Wildman–Crippen LogP) is 1.92. The van der Waals surface area contributed by atoms with Crippen LogP contribution in [0.1, 0.15) is 53.4 Å². The molecule has 1 unspecified atom stereocenters. The fourth-order valence-electron chi connectivity index (χ4n) is 1.94. The first-order valence-electron chi connectivity index (χ1n) is 6.53. The van der Waals surface area contributed by atoms with Gasteiger partial charge in [-0.3, -0.25) is 4.79 Å². The van der Waals surface area contributed by atoms with Crippen LogP contribution < -0.4 is 5.73 Å². The summed E-state index contributed by atoms with van der Waals surface area (Å²) in [5.41, 5.74) is 5.98. The Morgan fingerprint density at radius 1 is 1.22 bits per heavy atom. The molecule has 0 heterocycles. The lowest BCUT2D eigenvalue weighted by Gasteiger charge is -2.22. The summed E-state index contributed by atoms with van der Waals surface area (Å²) in [4.78, 5) is 11.6. The van der Waals surface area contributed by atoms with Gasteiger partial charge >= 0.3 is 0 Å². The van der Waals surface area contributed by atoms with Crippen molar-refractivity contribution in [2.75, 3.05) is 11.5 Å². The third-order valence-corrected chi connectivity index (χ3v) is 4.43. The highest BCUT2D eigenvalue weighted by Gasteiger charge is 2.19. The largest absolute Gasteiger partial charge is 0.327 e. The molecule has 0 aliphatic heterocycles. The lowest BCUT2D eigenvalue weighted by atomic mass is 9.86. The second-order valence-electron chi connectivity index (χ2n) is 6.17. The summed E-state index contributed by atoms with van der Waals surface area (Å²) in [5, 5.41) is 0. The number of sulfone groups is 1. The molecule has 0 saturated heterocycles. The molecule has 4 nitrogen and oxygen atoms in total. The van der Waals surface area contributed by atoms with E-state index >= 15 is 0 Å². The van der Waals surface area contributed by atoms with Crippen molar-refractivity contribution in [2.45, 2.75) is 59.4 Å². The normalized spacial score (nSPS) is 14.5. The number of ketones is 1. The van der Waals surface area contributed by atoms with Crippen LogP contribution in [-0.2, 0) is 14.6 Å². The number of nitrogens with two attached hydrogens (primary N) is 1. The second kappa shape index (κ2) is 7.24. The van der Waals surface area contributed by atoms with Gasteiger partial charge in [0.1, 0.15) is 5.78 Å². The van der Waals surface area contributed by atoms with Crippen molar-refractivity contribution in [2.24, 2.45) is 11.1 Å². The molecule has 0 saturated carbocycles. The average molecular weight is 277 g/mol. The Bertz CT molecular complexity index is 355. The Morgan fingerprint density at radius 2 is 1.78 bits per heavy atom. The van der Waals surface area contributed by atoms with Crippen LogP contribution in [0.15, 0.2) is 0 Å². The van der Waals surface area contributed by atoms with Crippen molar-refractivity contribution in [1.82, 2.24) is 0 Å². The van der Waals surface area contributed by atoms with E-state index in [0.717, 1.165) is 6.42 Å². The molecular formula is C13H27NO3S. The molecule has 0 aliphatic carbocycles. The quantitative estimate of drug-likeness (QED) is 0.735. The van der Waals surface area contributed by atoms with Crippen LogP contribution in [0.2, 0.25) is 0 Å². The van der Waals surface area contributed by atoms with Crippen LogP contribution in [0.25, 0.3) is 0 Å². The van der Waals surface area contributed by atoms with Crippen LogP contribution in [0, 0.1) is 5.41 Å². The summed E-state index contributed by atoms with van der Waals surface area (Å²) in [6, 6.07) is -0.175. The maximum absolute atomic E-state index is 11.6. The van der Waals surface area contributed by atoms with Gasteiger partial charge in [-0.2, -0.15) is 0 Å². The minimum Gasteiger partial charge on any atom is -0.327 e. The van der Waals surface area contributed by atoms with E-state index in [4.69, 9.17) is 5.73 Å². The van der Waals surface area contributed by atoms with Gasteiger partial charge in [0.15, 0.2) is 9.84 Å². The van der Waals surface area contributed by atoms with Crippen LogP contribution in [0.5, 0.6) is 0 Å². The summed E-state index contributed by atoms with van der Waals surface area (Å²) in [7, 11) is -3.06. The van der Waals surface area contributed by atoms with E-state index in [2.05, 4.69) is 20.8 Å². The smallest absolute Gasteiger partial charge is 0.150 e. The molecule has 0 aromatic carbocycles. The zero-order chi connectivity index (χ0) is 14.4. The van der Waals surface area contributed by atoms with Crippen LogP contribution >= 0.6 is 0 Å². The first kappa shape index (κ1) is 17.6. The van der Waals surface area contributed by atoms with E-state index < -0.39 is 9.84 Å². The van der Waals surface area contributed by atoms with E-state index in [1.165, 1.54) is 0 Å². The van der Waals surface area contributed by atoms with Gasteiger partial charge in [0.2, 0.25) is 0 Å². The lowest BCUT2D eigenvalue weighted by molar-refractivity contribution is -0.119. The maximum atomic E-state index is 11.6. The second-order valence-corrected chi connectivity index (χ2v) is 8.47. The molecule has 0 spiro atoms. The molecule has 2 N–H and O–H groups in total. The molecule has 18 heavy (non-hydrogen) atoms. The number of hydrogen-bond acceptors (Lipinski definition) is 4. The van der Waals surface area contributed by atoms with Gasteiger partial charge in [-0.1, -0.05) is 27.7 Å². The first-order valence-corrected chi connectivity index (χ1v) is 8.35. The zero-order valence-corrected chi connectivity index (χ0v) is 12.8. The molecular weight excluding hydrogens is 250 g/mol. The van der Waals surface area contributed by atoms with Crippen molar-refractivity contribution < 1.29 is 13.2 Å². The van der Waals surface area contributed by atoms with Gasteiger partial charge in [-0.25, -0.2) is 8.42 Å². The van der Waals surface area contributed by atoms with Gasteiger partial charge in [0.25, 0.3) is 0 Å². The summed E-state index contributed by atoms with van der Waals surface area (Å²) in [5.74, 6) is 0.0717. The van der Waals surface area contributed by atoms with Gasteiger partial charge in [0, 0.05) is 24.6 Å². The zero-order valence-electron chi connectivity index (χ0n) is 12.0. The molecule has 0 aromatic heterocycles. The fraction of sp³-hybridized carbons (Fsp3) is 0.923. The van der Waals surface area contributed by atoms with Gasteiger partial charge in [-0.15, -0.1) is 0 Å². The van der Waals surface area contributed by atoms with Crippen LogP contribution in [-0.4, -0.2) is 31.7 Å². The number of hydrogen-bond donors (Lipinski definition) is 1. The summed E-state index contributed by atoms with van der Waals surface area (Å²) in [6.45, 7) is 8.04. The lowest BCUT2D eigenvalue weighted by Crippen LogP contribution is -2.29. The Labute approximate surface area is 111 Å². The molecule has 0 aromatic rings. The van der Waals surface area contributed by atoms with Gasteiger partial charge < -0.3 is 5.73 Å². The average Bonchev–Trinajstić information content (AvgIpc) is 2.11. The van der Waals surface area contributed by atoms with Gasteiger partial charge in [0.05, 0.1) is 5.75 Å². The molecule has 0 radical (unpaired) electrons. The van der Waals surface area contributed by atoms with Crippen molar-refractivity contribution in [3.8, 4) is 0 Å². The number of rotatable bonds is 8. The third-order valence-electron chi connectivity index (χ3n) is 2.57. The molecule has 0 rings (SSSR count). The molecule has 1 atom stereocenters. The Morgan fingerprint density at radius 3 is 2.22 bits per heavy atom. The molecule has 0 aliphatic rings. The van der Waals surface area contributed by atoms with Crippen molar-refractivity contribution in [1.29, 1.82) is 0 Å². The van der Waals surface area contributed by atoms with Gasteiger partial charge in [-0.05, 0) is 18.3 Å². The Kier molecular flexibility index (Phi) is 7.07. The van der Waals surface area contributed by atoms with Crippen molar-refractivity contribution in [3.63, 3.8) is 0 Å². The topological polar surface area (TPSA) is 77.2 Å². The highest BCUT2D eigenvalue weighted by atomic mass is 32.2. The van der Waals surface area contributed by atoms with E-state index in [1.807, 2.05) is 6.92 Å². The number of carbonyl (C=O) groups is 1. The van der Waals surface area contributed by atoms with E-state index in [1.54, 1.807) is 0 Å². The monoisotopic (exact) mass is 277 g/mol. The molecule has 0 amide bonds. The maximum Gasteiger partial charge on any atom is 0.150 e. The molecule has 0 bridgehead atoms. The van der Waals surface area contributed by atoms with E-state index in [9.17, 15) is 13.2 Å². The van der Waals surface area contributed by atoms with Crippen molar-refractivity contribution >= 4 is 15.6 Å². The Balaban J connectivity index is 4.06. The van der Waals surface area contributed by atoms with E-state index in [-0.39, 0.29) is 41.6 Å². The molecule has 5 heteroatoms. The first-order chi connectivity index (χ1) is 8.06. The fourth-order valence-corrected chi connectivity index (χ4v) is 3.30. The number of Topliss-reactive ketones (excluding diaryl/α,β-unsaturated/α-hetero) is 1. The molecule has 108 valence electrons. The Hall–Kier alpha value is -0.420. The van der Waals surface area contributed by atoms with Crippen LogP contribution in [0.4, 0.5) is 0 Å². The molecule has 0 fully saturated rings. The standard InChI is InChI=1S/C13H27NO3S/c1-5-7-18(16,17)8-6-12(15)9-11(14)10-13(2,3)4/h11H,5-10,14H2,1-4H3. The highest BCUT2D eigenvalue weighted by Crippen LogP contribution is 2.21. The summed E-state index contributed by atoms with van der Waals surface area (Å²) < 4.78 is 22.9. The SMILES string of the molecule is CCCS(=O)(=O)CCC(=O)CC(N)CC(C)(C)C. The minimum absolute atomic E-state index is 0.0398. The number of carbonyl (C=O) groups excluding carboxylic acids is 1.